The average molecular weight is 667 g/mol. The fraction of sp³-hybridized carbons (Fsp3) is 0.229. The number of thiophene rings is 1. The number of nitrogens with one attached hydrogen (secondary N) is 1. The minimum Gasteiger partial charge on any atom is -0.497 e. The molecule has 1 N–H and O–H groups in total. The highest BCUT2D eigenvalue weighted by molar-refractivity contribution is 7.99. The Morgan fingerprint density at radius 1 is 0.979 bits per heavy atom. The van der Waals surface area contributed by atoms with Gasteiger partial charge in [0.1, 0.15) is 11.5 Å². The number of benzene rings is 3. The van der Waals surface area contributed by atoms with Crippen LogP contribution < -0.4 is 14.8 Å². The van der Waals surface area contributed by atoms with Crippen LogP contribution in [0.25, 0.3) is 5.69 Å². The van der Waals surface area contributed by atoms with Crippen LogP contribution in [-0.2, 0) is 16.1 Å². The lowest BCUT2D eigenvalue weighted by Gasteiger charge is -2.22. The average Bonchev–Trinajstić information content (AvgIpc) is 3.87. The Kier molecular flexibility index (Phi) is 9.98. The molecule has 47 heavy (non-hydrogen) atoms. The van der Waals surface area contributed by atoms with Crippen molar-refractivity contribution in [1.82, 2.24) is 25.1 Å². The molecule has 240 valence electrons. The first-order chi connectivity index (χ1) is 22.9. The molecule has 0 saturated carbocycles. The molecule has 10 nitrogen and oxygen atoms in total. The third kappa shape index (κ3) is 7.55. The highest BCUT2D eigenvalue weighted by Gasteiger charge is 2.34. The molecule has 1 unspecified atom stereocenters. The van der Waals surface area contributed by atoms with Crippen molar-refractivity contribution in [3.05, 3.63) is 118 Å². The number of hydrogen-bond acceptors (Lipinski definition) is 9. The summed E-state index contributed by atoms with van der Waals surface area (Å²) in [4.78, 5) is 27.6. The van der Waals surface area contributed by atoms with Crippen molar-refractivity contribution in [3.63, 3.8) is 0 Å². The zero-order valence-corrected chi connectivity index (χ0v) is 27.9. The van der Waals surface area contributed by atoms with Crippen molar-refractivity contribution in [3.8, 4) is 17.2 Å². The van der Waals surface area contributed by atoms with Crippen LogP contribution in [0.2, 0.25) is 0 Å². The minimum absolute atomic E-state index is 0.0914. The maximum absolute atomic E-state index is 13.9. The summed E-state index contributed by atoms with van der Waals surface area (Å²) in [5.41, 5.74) is 4.81. The van der Waals surface area contributed by atoms with Crippen LogP contribution >= 0.6 is 23.1 Å². The van der Waals surface area contributed by atoms with E-state index in [0.717, 1.165) is 38.7 Å². The standard InChI is InChI=1S/C35H34N6O4S2/c1-23-11-12-24(2)29(18-23)40-32(20-36-33(42)21-45-27-8-5-4-6-9-27)37-38-35(40)47-22-34(43)41-30(25-13-15-26(44-3)16-14-25)19-28(39-41)31-10-7-17-46-31/h4-18,30H,19-22H2,1-3H3,(H,36,42). The molecule has 6 rings (SSSR count). The molecule has 1 aliphatic heterocycles. The van der Waals surface area contributed by atoms with Gasteiger partial charge in [0.05, 0.1) is 41.7 Å². The second kappa shape index (κ2) is 14.7. The van der Waals surface area contributed by atoms with Gasteiger partial charge < -0.3 is 14.8 Å². The molecule has 2 amide bonds. The van der Waals surface area contributed by atoms with Crippen molar-refractivity contribution >= 4 is 40.6 Å². The molecule has 5 aromatic rings. The van der Waals surface area contributed by atoms with Crippen LogP contribution in [0.5, 0.6) is 11.5 Å². The van der Waals surface area contributed by atoms with Gasteiger partial charge in [-0.25, -0.2) is 5.01 Å². The van der Waals surface area contributed by atoms with Crippen LogP contribution in [0.3, 0.4) is 0 Å². The number of thioether (sulfide) groups is 1. The molecule has 1 aliphatic rings. The number of aryl methyl sites for hydroxylation is 2. The Hall–Kier alpha value is -4.94. The molecular weight excluding hydrogens is 633 g/mol. The molecule has 3 heterocycles. The van der Waals surface area contributed by atoms with E-state index in [9.17, 15) is 9.59 Å². The zero-order chi connectivity index (χ0) is 32.8. The van der Waals surface area contributed by atoms with Crippen molar-refractivity contribution in [2.24, 2.45) is 5.10 Å². The monoisotopic (exact) mass is 666 g/mol. The first-order valence-electron chi connectivity index (χ1n) is 15.1. The lowest BCUT2D eigenvalue weighted by atomic mass is 10.0. The third-order valence-electron chi connectivity index (χ3n) is 7.66. The van der Waals surface area contributed by atoms with Gasteiger partial charge in [0.25, 0.3) is 11.8 Å². The number of carbonyl (C=O) groups excluding carboxylic acids is 2. The van der Waals surface area contributed by atoms with Gasteiger partial charge in [-0.15, -0.1) is 21.5 Å². The number of rotatable bonds is 12. The topological polar surface area (TPSA) is 111 Å². The van der Waals surface area contributed by atoms with E-state index in [4.69, 9.17) is 14.6 Å². The molecule has 12 heteroatoms. The highest BCUT2D eigenvalue weighted by Crippen LogP contribution is 2.35. The van der Waals surface area contributed by atoms with E-state index in [2.05, 4.69) is 15.5 Å². The minimum atomic E-state index is -0.285. The number of amides is 2. The van der Waals surface area contributed by atoms with E-state index >= 15 is 0 Å². The third-order valence-corrected chi connectivity index (χ3v) is 9.49. The number of carbonyl (C=O) groups is 2. The molecular formula is C35H34N6O4S2. The Morgan fingerprint density at radius 2 is 1.79 bits per heavy atom. The Labute approximate surface area is 281 Å². The molecule has 0 spiro atoms. The zero-order valence-electron chi connectivity index (χ0n) is 26.3. The summed E-state index contributed by atoms with van der Waals surface area (Å²) in [5.74, 6) is 1.56. The van der Waals surface area contributed by atoms with Gasteiger partial charge >= 0.3 is 0 Å². The van der Waals surface area contributed by atoms with Gasteiger partial charge in [-0.2, -0.15) is 5.10 Å². The quantitative estimate of drug-likeness (QED) is 0.160. The van der Waals surface area contributed by atoms with E-state index in [-0.39, 0.29) is 36.8 Å². The van der Waals surface area contributed by atoms with E-state index in [1.165, 1.54) is 11.8 Å². The highest BCUT2D eigenvalue weighted by atomic mass is 32.2. The van der Waals surface area contributed by atoms with Crippen LogP contribution in [-0.4, -0.2) is 56.8 Å². The molecule has 1 atom stereocenters. The van der Waals surface area contributed by atoms with Gasteiger partial charge in [-0.1, -0.05) is 60.3 Å². The number of aromatic nitrogens is 3. The Morgan fingerprint density at radius 3 is 2.53 bits per heavy atom. The summed E-state index contributed by atoms with van der Waals surface area (Å²) in [7, 11) is 1.63. The molecule has 0 saturated heterocycles. The normalized spacial score (nSPS) is 14.1. The summed E-state index contributed by atoms with van der Waals surface area (Å²) in [5, 5.41) is 20.7. The first-order valence-corrected chi connectivity index (χ1v) is 16.9. The number of hydrogen-bond donors (Lipinski definition) is 1. The number of methoxy groups -OCH3 is 1. The summed E-state index contributed by atoms with van der Waals surface area (Å²) in [6, 6.07) is 26.8. The molecule has 0 fully saturated rings. The van der Waals surface area contributed by atoms with E-state index in [1.54, 1.807) is 35.6 Å². The van der Waals surface area contributed by atoms with Crippen LogP contribution in [0.4, 0.5) is 0 Å². The van der Waals surface area contributed by atoms with Crippen LogP contribution in [0, 0.1) is 13.8 Å². The predicted molar refractivity (Wildman–Crippen MR) is 183 cm³/mol. The molecule has 0 bridgehead atoms. The summed E-state index contributed by atoms with van der Waals surface area (Å²) >= 11 is 2.90. The van der Waals surface area contributed by atoms with Crippen molar-refractivity contribution in [2.75, 3.05) is 19.5 Å². The Bertz CT molecular complexity index is 1870. The predicted octanol–water partition coefficient (Wildman–Crippen LogP) is 6.12. The Balaban J connectivity index is 1.21. The molecule has 0 radical (unpaired) electrons. The van der Waals surface area contributed by atoms with Crippen molar-refractivity contribution < 1.29 is 19.1 Å². The molecule has 0 aliphatic carbocycles. The van der Waals surface area contributed by atoms with Crippen LogP contribution in [0.15, 0.2) is 101 Å². The molecule has 2 aromatic heterocycles. The van der Waals surface area contributed by atoms with E-state index in [0.29, 0.717) is 23.2 Å². The van der Waals surface area contributed by atoms with Gasteiger partial charge in [-0.05, 0) is 72.3 Å². The largest absolute Gasteiger partial charge is 0.497 e. The lowest BCUT2D eigenvalue weighted by molar-refractivity contribution is -0.130. The summed E-state index contributed by atoms with van der Waals surface area (Å²) < 4.78 is 12.8. The maximum Gasteiger partial charge on any atom is 0.258 e. The van der Waals surface area contributed by atoms with Gasteiger partial charge in [0, 0.05) is 6.42 Å². The number of nitrogens with zero attached hydrogens (tertiary/aromatic N) is 5. The van der Waals surface area contributed by atoms with Crippen molar-refractivity contribution in [2.45, 2.75) is 38.0 Å². The maximum atomic E-state index is 13.9. The molecule has 3 aromatic carbocycles. The van der Waals surface area contributed by atoms with Crippen LogP contribution in [0.1, 0.15) is 39.9 Å². The van der Waals surface area contributed by atoms with Gasteiger partial charge in [0.2, 0.25) is 0 Å². The lowest BCUT2D eigenvalue weighted by Crippen LogP contribution is -2.29. The number of ether oxygens (including phenoxy) is 2. The number of para-hydroxylation sites is 1. The fourth-order valence-electron chi connectivity index (χ4n) is 5.21. The smallest absolute Gasteiger partial charge is 0.258 e. The fourth-order valence-corrected chi connectivity index (χ4v) is 6.75. The summed E-state index contributed by atoms with van der Waals surface area (Å²) in [6.45, 7) is 4.03. The van der Waals surface area contributed by atoms with Gasteiger partial charge in [0.15, 0.2) is 17.6 Å². The van der Waals surface area contributed by atoms with Gasteiger partial charge in [-0.3, -0.25) is 14.2 Å². The summed E-state index contributed by atoms with van der Waals surface area (Å²) in [6.07, 6.45) is 0.611. The van der Waals surface area contributed by atoms with E-state index < -0.39 is 0 Å². The second-order valence-electron chi connectivity index (χ2n) is 10.9. The number of hydrazone groups is 1. The van der Waals surface area contributed by atoms with Crippen molar-refractivity contribution in [1.29, 1.82) is 0 Å². The first kappa shape index (κ1) is 32.0. The SMILES string of the molecule is COc1ccc(C2CC(c3cccs3)=NN2C(=O)CSc2nnc(CNC(=O)COc3ccccc3)n2-c2cc(C)ccc2C)cc1. The second-order valence-corrected chi connectivity index (χ2v) is 12.8. The van der Waals surface area contributed by atoms with E-state index in [1.807, 2.05) is 96.6 Å².